The first-order valence-electron chi connectivity index (χ1n) is 5.05. The van der Waals surface area contributed by atoms with E-state index < -0.39 is 0 Å². The molecule has 16 heavy (non-hydrogen) atoms. The number of rotatable bonds is 2. The standard InChI is InChI=1S/C12H11FN2O/c1-2-11-14-10(12(16)15-11)7-8-4-3-5-9(13)6-8/h3-7H,2H2,1H3,(H,14,15,16)/b10-7+. The van der Waals surface area contributed by atoms with Crippen molar-refractivity contribution in [2.24, 2.45) is 4.99 Å². The van der Waals surface area contributed by atoms with Gasteiger partial charge in [0.25, 0.3) is 5.91 Å². The van der Waals surface area contributed by atoms with Crippen LogP contribution in [0.4, 0.5) is 4.39 Å². The highest BCUT2D eigenvalue weighted by Gasteiger charge is 2.18. The van der Waals surface area contributed by atoms with Crippen LogP contribution < -0.4 is 5.32 Å². The van der Waals surface area contributed by atoms with Crippen molar-refractivity contribution in [2.75, 3.05) is 0 Å². The zero-order valence-corrected chi connectivity index (χ0v) is 8.83. The Hall–Kier alpha value is -1.97. The largest absolute Gasteiger partial charge is 0.309 e. The van der Waals surface area contributed by atoms with E-state index in [1.165, 1.54) is 12.1 Å². The second-order valence-electron chi connectivity index (χ2n) is 3.45. The first-order valence-corrected chi connectivity index (χ1v) is 5.05. The highest BCUT2D eigenvalue weighted by atomic mass is 19.1. The van der Waals surface area contributed by atoms with Crippen molar-refractivity contribution >= 4 is 17.8 Å². The van der Waals surface area contributed by atoms with E-state index in [-0.39, 0.29) is 11.7 Å². The number of aliphatic imine (C=N–C) groups is 1. The lowest BCUT2D eigenvalue weighted by Crippen LogP contribution is -2.22. The Kier molecular flexibility index (Phi) is 2.81. The lowest BCUT2D eigenvalue weighted by Gasteiger charge is -1.94. The minimum Gasteiger partial charge on any atom is -0.309 e. The van der Waals surface area contributed by atoms with Crippen LogP contribution in [0.25, 0.3) is 6.08 Å². The molecule has 0 atom stereocenters. The number of halogens is 1. The quantitative estimate of drug-likeness (QED) is 0.759. The van der Waals surface area contributed by atoms with Crippen LogP contribution in [0, 0.1) is 5.82 Å². The number of nitrogens with zero attached hydrogens (tertiary/aromatic N) is 1. The molecular weight excluding hydrogens is 207 g/mol. The minimum absolute atomic E-state index is 0.235. The van der Waals surface area contributed by atoms with Gasteiger partial charge in [-0.2, -0.15) is 0 Å². The maximum Gasteiger partial charge on any atom is 0.275 e. The van der Waals surface area contributed by atoms with Crippen molar-refractivity contribution in [1.29, 1.82) is 0 Å². The topological polar surface area (TPSA) is 41.5 Å². The van der Waals surface area contributed by atoms with Gasteiger partial charge in [-0.05, 0) is 23.8 Å². The minimum atomic E-state index is -0.326. The molecule has 0 spiro atoms. The average Bonchev–Trinajstić information content (AvgIpc) is 2.60. The SMILES string of the molecule is CCC1=N/C(=C/c2cccc(F)c2)C(=O)N1. The maximum atomic E-state index is 12.9. The number of carbonyl (C=O) groups is 1. The predicted molar refractivity (Wildman–Crippen MR) is 60.2 cm³/mol. The number of nitrogens with one attached hydrogen (secondary N) is 1. The second kappa shape index (κ2) is 4.26. The Bertz CT molecular complexity index is 492. The van der Waals surface area contributed by atoms with Crippen LogP contribution in [-0.2, 0) is 4.79 Å². The lowest BCUT2D eigenvalue weighted by atomic mass is 10.2. The Morgan fingerprint density at radius 1 is 1.50 bits per heavy atom. The summed E-state index contributed by atoms with van der Waals surface area (Å²) in [6.07, 6.45) is 2.24. The summed E-state index contributed by atoms with van der Waals surface area (Å²) in [4.78, 5) is 15.6. The van der Waals surface area contributed by atoms with Crippen molar-refractivity contribution < 1.29 is 9.18 Å². The van der Waals surface area contributed by atoms with Gasteiger partial charge in [-0.15, -0.1) is 0 Å². The summed E-state index contributed by atoms with van der Waals surface area (Å²) < 4.78 is 12.9. The van der Waals surface area contributed by atoms with E-state index in [1.807, 2.05) is 6.92 Å². The predicted octanol–water partition coefficient (Wildman–Crippen LogP) is 2.10. The fourth-order valence-electron chi connectivity index (χ4n) is 1.44. The third-order valence-electron chi connectivity index (χ3n) is 2.23. The number of amidine groups is 1. The summed E-state index contributed by atoms with van der Waals surface area (Å²) in [7, 11) is 0. The van der Waals surface area contributed by atoms with Gasteiger partial charge in [0.15, 0.2) is 0 Å². The third-order valence-corrected chi connectivity index (χ3v) is 2.23. The average molecular weight is 218 g/mol. The van der Waals surface area contributed by atoms with E-state index in [1.54, 1.807) is 18.2 Å². The van der Waals surface area contributed by atoms with Gasteiger partial charge >= 0.3 is 0 Å². The third kappa shape index (κ3) is 2.16. The van der Waals surface area contributed by atoms with Gasteiger partial charge < -0.3 is 5.32 Å². The molecule has 1 heterocycles. The Morgan fingerprint density at radius 3 is 2.94 bits per heavy atom. The molecule has 2 rings (SSSR count). The fraction of sp³-hybridized carbons (Fsp3) is 0.167. The van der Waals surface area contributed by atoms with Gasteiger partial charge in [-0.3, -0.25) is 4.79 Å². The molecule has 0 aliphatic carbocycles. The summed E-state index contributed by atoms with van der Waals surface area (Å²) >= 11 is 0. The van der Waals surface area contributed by atoms with Crippen LogP contribution in [0.3, 0.4) is 0 Å². The van der Waals surface area contributed by atoms with Gasteiger partial charge in [-0.25, -0.2) is 9.38 Å². The molecule has 1 amide bonds. The molecule has 0 saturated carbocycles. The van der Waals surface area contributed by atoms with Gasteiger partial charge in [0, 0.05) is 6.42 Å². The molecule has 0 aromatic heterocycles. The second-order valence-corrected chi connectivity index (χ2v) is 3.45. The van der Waals surface area contributed by atoms with Gasteiger partial charge in [0.05, 0.1) is 0 Å². The van der Waals surface area contributed by atoms with Crippen LogP contribution in [0.1, 0.15) is 18.9 Å². The van der Waals surface area contributed by atoms with Gasteiger partial charge in [-0.1, -0.05) is 19.1 Å². The van der Waals surface area contributed by atoms with Crippen molar-refractivity contribution in [3.05, 3.63) is 41.3 Å². The van der Waals surface area contributed by atoms with Crippen molar-refractivity contribution in [2.45, 2.75) is 13.3 Å². The molecule has 1 aromatic rings. The Labute approximate surface area is 92.7 Å². The van der Waals surface area contributed by atoms with Crippen molar-refractivity contribution in [3.8, 4) is 0 Å². The Balaban J connectivity index is 2.31. The highest BCUT2D eigenvalue weighted by Crippen LogP contribution is 2.13. The van der Waals surface area contributed by atoms with E-state index in [0.29, 0.717) is 23.5 Å². The van der Waals surface area contributed by atoms with Crippen LogP contribution in [0.15, 0.2) is 35.0 Å². The van der Waals surface area contributed by atoms with Crippen LogP contribution in [0.5, 0.6) is 0 Å². The van der Waals surface area contributed by atoms with E-state index in [2.05, 4.69) is 10.3 Å². The first-order chi connectivity index (χ1) is 7.69. The molecule has 1 aromatic carbocycles. The number of carbonyl (C=O) groups excluding carboxylic acids is 1. The molecule has 3 nitrogen and oxygen atoms in total. The zero-order chi connectivity index (χ0) is 11.5. The first kappa shape index (κ1) is 10.5. The van der Waals surface area contributed by atoms with Crippen molar-refractivity contribution in [1.82, 2.24) is 5.32 Å². The normalized spacial score (nSPS) is 17.5. The summed E-state index contributed by atoms with van der Waals surface area (Å²) in [6.45, 7) is 1.91. The van der Waals surface area contributed by atoms with Crippen LogP contribution >= 0.6 is 0 Å². The molecule has 0 unspecified atom stereocenters. The molecule has 0 radical (unpaired) electrons. The molecule has 82 valence electrons. The van der Waals surface area contributed by atoms with Gasteiger partial charge in [0.2, 0.25) is 0 Å². The summed E-state index contributed by atoms with van der Waals surface area (Å²) in [5.41, 5.74) is 0.953. The molecule has 4 heteroatoms. The van der Waals surface area contributed by atoms with E-state index >= 15 is 0 Å². The molecular formula is C12H11FN2O. The maximum absolute atomic E-state index is 12.9. The van der Waals surface area contributed by atoms with E-state index in [9.17, 15) is 9.18 Å². The molecule has 0 saturated heterocycles. The number of amides is 1. The lowest BCUT2D eigenvalue weighted by molar-refractivity contribution is -0.115. The van der Waals surface area contributed by atoms with Crippen LogP contribution in [-0.4, -0.2) is 11.7 Å². The summed E-state index contributed by atoms with van der Waals surface area (Å²) in [6, 6.07) is 6.04. The fourth-order valence-corrected chi connectivity index (χ4v) is 1.44. The Morgan fingerprint density at radius 2 is 2.31 bits per heavy atom. The van der Waals surface area contributed by atoms with E-state index in [4.69, 9.17) is 0 Å². The summed E-state index contributed by atoms with van der Waals surface area (Å²) in [5.74, 6) is 0.0845. The zero-order valence-electron chi connectivity index (χ0n) is 8.83. The van der Waals surface area contributed by atoms with E-state index in [0.717, 1.165) is 0 Å². The van der Waals surface area contributed by atoms with Crippen molar-refractivity contribution in [3.63, 3.8) is 0 Å². The summed E-state index contributed by atoms with van der Waals surface area (Å²) in [5, 5.41) is 2.64. The van der Waals surface area contributed by atoms with Crippen LogP contribution in [0.2, 0.25) is 0 Å². The molecule has 0 bridgehead atoms. The smallest absolute Gasteiger partial charge is 0.275 e. The molecule has 0 fully saturated rings. The number of benzene rings is 1. The molecule has 1 N–H and O–H groups in total. The highest BCUT2D eigenvalue weighted by molar-refractivity contribution is 6.14. The molecule has 1 aliphatic rings. The number of hydrogen-bond donors (Lipinski definition) is 1. The monoisotopic (exact) mass is 218 g/mol. The molecule has 1 aliphatic heterocycles. The van der Waals surface area contributed by atoms with Gasteiger partial charge in [0.1, 0.15) is 17.3 Å². The number of hydrogen-bond acceptors (Lipinski definition) is 2.